The Morgan fingerprint density at radius 1 is 0.925 bits per heavy atom. The third-order valence-corrected chi connectivity index (χ3v) is 8.62. The van der Waals surface area contributed by atoms with Gasteiger partial charge in [-0.15, -0.1) is 11.3 Å². The Balaban J connectivity index is 1.44. The minimum Gasteiger partial charge on any atom is -0.295 e. The molecule has 0 unspecified atom stereocenters. The highest BCUT2D eigenvalue weighted by Crippen LogP contribution is 2.53. The van der Waals surface area contributed by atoms with Gasteiger partial charge in [-0.1, -0.05) is 74.0 Å². The van der Waals surface area contributed by atoms with Gasteiger partial charge in [-0.2, -0.15) is 0 Å². The molecule has 2 heterocycles. The van der Waals surface area contributed by atoms with Crippen molar-refractivity contribution in [1.82, 2.24) is 4.98 Å². The van der Waals surface area contributed by atoms with E-state index in [4.69, 9.17) is 11.6 Å². The maximum atomic E-state index is 9.21. The number of allylic oxidation sites excluding steroid dienone is 1. The molecule has 0 bridgehead atoms. The van der Waals surface area contributed by atoms with E-state index in [0.717, 1.165) is 32.5 Å². The van der Waals surface area contributed by atoms with Crippen molar-refractivity contribution in [1.29, 1.82) is 5.26 Å². The lowest BCUT2D eigenvalue weighted by molar-refractivity contribution is 0.661. The van der Waals surface area contributed by atoms with Gasteiger partial charge < -0.3 is 0 Å². The molecule has 0 N–H and O–H groups in total. The van der Waals surface area contributed by atoms with Gasteiger partial charge in [0.05, 0.1) is 12.6 Å². The van der Waals surface area contributed by atoms with E-state index in [0.29, 0.717) is 0 Å². The summed E-state index contributed by atoms with van der Waals surface area (Å²) in [5.41, 5.74) is 9.03. The molecule has 2 aromatic heterocycles. The Kier molecular flexibility index (Phi) is 6.31. The summed E-state index contributed by atoms with van der Waals surface area (Å²) in [4.78, 5) is 12.6. The first-order valence-electron chi connectivity index (χ1n) is 13.1. The quantitative estimate of drug-likeness (QED) is 0.166. The van der Waals surface area contributed by atoms with Crippen LogP contribution in [0.2, 0.25) is 0 Å². The summed E-state index contributed by atoms with van der Waals surface area (Å²) >= 11 is 1.61. The van der Waals surface area contributed by atoms with Crippen LogP contribution in [-0.2, 0) is 5.41 Å². The highest BCUT2D eigenvalue weighted by molar-refractivity contribution is 7.16. The SMILES string of the molecule is [C-]#[N+]/C(C#N)=C\c1cc2c(s1)-c1cnc(N(c3ccc(C)cc3)c3ccc(-c4ccccc4)cc3)cc1C2(C)C. The molecule has 0 aliphatic heterocycles. The molecule has 1 aliphatic rings. The Labute approximate surface area is 238 Å². The van der Waals surface area contributed by atoms with Crippen molar-refractivity contribution in [3.63, 3.8) is 0 Å². The lowest BCUT2D eigenvalue weighted by Crippen LogP contribution is -2.17. The summed E-state index contributed by atoms with van der Waals surface area (Å²) in [5.74, 6) is 0.859. The number of anilines is 3. The van der Waals surface area contributed by atoms with Crippen molar-refractivity contribution in [2.45, 2.75) is 26.2 Å². The summed E-state index contributed by atoms with van der Waals surface area (Å²) in [7, 11) is 0. The molecule has 0 atom stereocenters. The van der Waals surface area contributed by atoms with E-state index in [9.17, 15) is 5.26 Å². The minimum atomic E-state index is -0.244. The van der Waals surface area contributed by atoms with Crippen molar-refractivity contribution < 1.29 is 0 Å². The molecule has 5 aromatic rings. The third-order valence-electron chi connectivity index (χ3n) is 7.50. The number of thiophene rings is 1. The molecule has 6 rings (SSSR count). The Morgan fingerprint density at radius 3 is 2.23 bits per heavy atom. The minimum absolute atomic E-state index is 0.0958. The normalized spacial score (nSPS) is 13.2. The van der Waals surface area contributed by atoms with Crippen LogP contribution in [-0.4, -0.2) is 4.98 Å². The molecule has 40 heavy (non-hydrogen) atoms. The van der Waals surface area contributed by atoms with Gasteiger partial charge in [0.2, 0.25) is 0 Å². The summed E-state index contributed by atoms with van der Waals surface area (Å²) < 4.78 is 0. The second-order valence-corrected chi connectivity index (χ2v) is 11.5. The van der Waals surface area contributed by atoms with Crippen LogP contribution in [0.4, 0.5) is 17.2 Å². The monoisotopic (exact) mass is 534 g/mol. The van der Waals surface area contributed by atoms with Gasteiger partial charge in [-0.3, -0.25) is 4.90 Å². The summed E-state index contributed by atoms with van der Waals surface area (Å²) in [5, 5.41) is 9.21. The van der Waals surface area contributed by atoms with Crippen LogP contribution in [0.1, 0.15) is 35.4 Å². The number of nitriles is 1. The predicted octanol–water partition coefficient (Wildman–Crippen LogP) is 9.68. The van der Waals surface area contributed by atoms with E-state index in [1.807, 2.05) is 18.3 Å². The number of hydrogen-bond acceptors (Lipinski definition) is 4. The fourth-order valence-corrected chi connectivity index (χ4v) is 6.60. The van der Waals surface area contributed by atoms with Crippen molar-refractivity contribution in [3.8, 4) is 27.6 Å². The zero-order valence-corrected chi connectivity index (χ0v) is 23.3. The average Bonchev–Trinajstić information content (AvgIpc) is 3.50. The van der Waals surface area contributed by atoms with Crippen LogP contribution in [0, 0.1) is 24.8 Å². The number of benzene rings is 3. The molecule has 192 valence electrons. The number of hydrogen-bond donors (Lipinski definition) is 0. The standard InChI is InChI=1S/C35H26N4S/c1-23-10-14-27(15-11-23)39(28-16-12-25(13-17-28)24-8-6-5-7-9-24)33-20-31-30(22-38-33)34-32(35(31,2)3)19-29(40-34)18-26(21-36)37-4/h5-20,22H,1-3H3/b26-18-. The van der Waals surface area contributed by atoms with Crippen molar-refractivity contribution in [2.24, 2.45) is 0 Å². The van der Waals surface area contributed by atoms with Crippen molar-refractivity contribution in [2.75, 3.05) is 4.90 Å². The lowest BCUT2D eigenvalue weighted by Gasteiger charge is -2.27. The first-order valence-corrected chi connectivity index (χ1v) is 13.9. The van der Waals surface area contributed by atoms with Crippen molar-refractivity contribution in [3.05, 3.63) is 136 Å². The third kappa shape index (κ3) is 4.37. The average molecular weight is 535 g/mol. The fraction of sp³-hybridized carbons (Fsp3) is 0.114. The lowest BCUT2D eigenvalue weighted by atomic mass is 9.83. The van der Waals surface area contributed by atoms with Crippen LogP contribution in [0.25, 0.3) is 32.5 Å². The van der Waals surface area contributed by atoms with Crippen molar-refractivity contribution >= 4 is 34.6 Å². The number of fused-ring (bicyclic) bond motifs is 3. The van der Waals surface area contributed by atoms with Gasteiger partial charge in [0.15, 0.2) is 0 Å². The molecule has 1 aliphatic carbocycles. The van der Waals surface area contributed by atoms with E-state index in [1.165, 1.54) is 27.8 Å². The molecular formula is C35H26N4S. The van der Waals surface area contributed by atoms with Gasteiger partial charge in [0, 0.05) is 38.3 Å². The first kappa shape index (κ1) is 25.3. The summed E-state index contributed by atoms with van der Waals surface area (Å²) in [6.07, 6.45) is 3.65. The summed E-state index contributed by atoms with van der Waals surface area (Å²) in [6.45, 7) is 13.8. The van der Waals surface area contributed by atoms with Crippen LogP contribution >= 0.6 is 11.3 Å². The van der Waals surface area contributed by atoms with Crippen LogP contribution < -0.4 is 4.90 Å². The largest absolute Gasteiger partial charge is 0.295 e. The fourth-order valence-electron chi connectivity index (χ4n) is 5.32. The molecule has 0 amide bonds. The van der Waals surface area contributed by atoms with Gasteiger partial charge in [0.1, 0.15) is 5.82 Å². The number of aromatic nitrogens is 1. The highest BCUT2D eigenvalue weighted by Gasteiger charge is 2.38. The van der Waals surface area contributed by atoms with Gasteiger partial charge in [-0.05, 0) is 71.7 Å². The van der Waals surface area contributed by atoms with E-state index < -0.39 is 0 Å². The van der Waals surface area contributed by atoms with E-state index in [-0.39, 0.29) is 11.1 Å². The second-order valence-electron chi connectivity index (χ2n) is 10.4. The number of rotatable bonds is 5. The molecule has 5 heteroatoms. The smallest absolute Gasteiger partial charge is 0.263 e. The topological polar surface area (TPSA) is 44.3 Å². The van der Waals surface area contributed by atoms with E-state index in [2.05, 4.69) is 115 Å². The van der Waals surface area contributed by atoms with Crippen LogP contribution in [0.5, 0.6) is 0 Å². The molecule has 0 radical (unpaired) electrons. The van der Waals surface area contributed by atoms with Crippen LogP contribution in [0.15, 0.2) is 103 Å². The summed E-state index contributed by atoms with van der Waals surface area (Å²) in [6, 6.07) is 33.9. The second kappa shape index (κ2) is 9.97. The van der Waals surface area contributed by atoms with Gasteiger partial charge >= 0.3 is 0 Å². The van der Waals surface area contributed by atoms with E-state index >= 15 is 0 Å². The Hall–Kier alpha value is -4.97. The van der Waals surface area contributed by atoms with Gasteiger partial charge in [0.25, 0.3) is 5.70 Å². The number of pyridine rings is 1. The molecule has 0 spiro atoms. The zero-order chi connectivity index (χ0) is 27.9. The highest BCUT2D eigenvalue weighted by atomic mass is 32.1. The molecule has 0 saturated carbocycles. The molecule has 3 aromatic carbocycles. The molecular weight excluding hydrogens is 508 g/mol. The van der Waals surface area contributed by atoms with E-state index in [1.54, 1.807) is 17.4 Å². The molecule has 0 fully saturated rings. The molecule has 0 saturated heterocycles. The Morgan fingerprint density at radius 2 is 1.57 bits per heavy atom. The first-order chi connectivity index (χ1) is 19.4. The maximum Gasteiger partial charge on any atom is 0.263 e. The predicted molar refractivity (Wildman–Crippen MR) is 165 cm³/mol. The number of aryl methyl sites for hydroxylation is 1. The van der Waals surface area contributed by atoms with Crippen LogP contribution in [0.3, 0.4) is 0 Å². The maximum absolute atomic E-state index is 9.21. The molecule has 4 nitrogen and oxygen atoms in total. The Bertz CT molecular complexity index is 1820. The number of nitrogens with zero attached hydrogens (tertiary/aromatic N) is 4. The zero-order valence-electron chi connectivity index (χ0n) is 22.5. The van der Waals surface area contributed by atoms with Gasteiger partial charge in [-0.25, -0.2) is 15.1 Å².